The van der Waals surface area contributed by atoms with Gasteiger partial charge in [0.2, 0.25) is 9.92 Å². The summed E-state index contributed by atoms with van der Waals surface area (Å²) in [4.78, 5) is 3.29. The first-order valence-corrected chi connectivity index (χ1v) is 4.76. The summed E-state index contributed by atoms with van der Waals surface area (Å²) in [7, 11) is -0.434. The van der Waals surface area contributed by atoms with Crippen LogP contribution in [-0.4, -0.2) is 22.1 Å². The molecule has 0 spiro atoms. The summed E-state index contributed by atoms with van der Waals surface area (Å²) >= 11 is 0. The molecule has 3 heteroatoms. The highest BCUT2D eigenvalue weighted by atomic mass is 28.2. The third-order valence-electron chi connectivity index (χ3n) is 0.908. The van der Waals surface area contributed by atoms with Gasteiger partial charge in [0.25, 0.3) is 0 Å². The molecule has 0 fully saturated rings. The molecule has 0 saturated carbocycles. The first-order chi connectivity index (χ1) is 4.13. The molecule has 0 rings (SSSR count). The van der Waals surface area contributed by atoms with E-state index in [0.29, 0.717) is 12.1 Å². The maximum atomic E-state index is 5.38. The number of rotatable bonds is 4. The highest BCUT2D eigenvalue weighted by molar-refractivity contribution is 6.23. The smallest absolute Gasteiger partial charge is 0.236 e. The summed E-state index contributed by atoms with van der Waals surface area (Å²) in [5, 5.41) is 0. The average molecular weight is 147 g/mol. The van der Waals surface area contributed by atoms with Gasteiger partial charge in [-0.15, -0.1) is 0 Å². The van der Waals surface area contributed by atoms with E-state index in [9.17, 15) is 0 Å². The van der Waals surface area contributed by atoms with Crippen molar-refractivity contribution < 1.29 is 4.43 Å². The zero-order valence-corrected chi connectivity index (χ0v) is 8.18. The van der Waals surface area contributed by atoms with Crippen LogP contribution in [0.25, 0.3) is 0 Å². The summed E-state index contributed by atoms with van der Waals surface area (Å²) in [5.41, 5.74) is 0. The normalized spacial score (nSPS) is 12.7. The standard InChI is InChI=1S/C6H17NOSi/c1-5(2)7-9-8-6(3)4/h5-7H,9H2,1-4H3. The molecule has 0 aromatic carbocycles. The van der Waals surface area contributed by atoms with Crippen molar-refractivity contribution in [2.45, 2.75) is 39.8 Å². The van der Waals surface area contributed by atoms with Crippen molar-refractivity contribution in [3.05, 3.63) is 0 Å². The minimum atomic E-state index is -0.434. The Kier molecular flexibility index (Phi) is 5.04. The summed E-state index contributed by atoms with van der Waals surface area (Å²) in [5.74, 6) is 0. The molecule has 0 unspecified atom stereocenters. The van der Waals surface area contributed by atoms with Crippen LogP contribution in [0.2, 0.25) is 0 Å². The molecule has 9 heavy (non-hydrogen) atoms. The molecule has 2 nitrogen and oxygen atoms in total. The third-order valence-corrected chi connectivity index (χ3v) is 2.72. The van der Waals surface area contributed by atoms with E-state index < -0.39 is 9.92 Å². The van der Waals surface area contributed by atoms with Gasteiger partial charge in [0.15, 0.2) is 0 Å². The Morgan fingerprint density at radius 1 is 1.22 bits per heavy atom. The lowest BCUT2D eigenvalue weighted by molar-refractivity contribution is 0.249. The van der Waals surface area contributed by atoms with E-state index in [0.717, 1.165) is 0 Å². The van der Waals surface area contributed by atoms with Crippen molar-refractivity contribution in [2.24, 2.45) is 0 Å². The van der Waals surface area contributed by atoms with Crippen molar-refractivity contribution in [3.63, 3.8) is 0 Å². The van der Waals surface area contributed by atoms with Crippen LogP contribution in [0.1, 0.15) is 27.7 Å². The van der Waals surface area contributed by atoms with E-state index in [4.69, 9.17) is 4.43 Å². The van der Waals surface area contributed by atoms with Crippen LogP contribution in [-0.2, 0) is 4.43 Å². The van der Waals surface area contributed by atoms with Crippen molar-refractivity contribution in [1.29, 1.82) is 0 Å². The molecule has 0 radical (unpaired) electrons. The second-order valence-electron chi connectivity index (χ2n) is 2.72. The van der Waals surface area contributed by atoms with Gasteiger partial charge in [-0.05, 0) is 19.9 Å². The molecule has 0 atom stereocenters. The largest absolute Gasteiger partial charge is 0.406 e. The van der Waals surface area contributed by atoms with Gasteiger partial charge >= 0.3 is 0 Å². The Bertz CT molecular complexity index is 58.1. The van der Waals surface area contributed by atoms with Gasteiger partial charge in [-0.3, -0.25) is 0 Å². The number of hydrogen-bond donors (Lipinski definition) is 1. The van der Waals surface area contributed by atoms with E-state index in [1.54, 1.807) is 0 Å². The van der Waals surface area contributed by atoms with Crippen LogP contribution >= 0.6 is 0 Å². The lowest BCUT2D eigenvalue weighted by Gasteiger charge is -2.10. The Morgan fingerprint density at radius 3 is 2.11 bits per heavy atom. The lowest BCUT2D eigenvalue weighted by atomic mass is 10.4. The molecular formula is C6H17NOSi. The van der Waals surface area contributed by atoms with Gasteiger partial charge in [-0.2, -0.15) is 0 Å². The lowest BCUT2D eigenvalue weighted by Crippen LogP contribution is -2.30. The zero-order chi connectivity index (χ0) is 7.28. The van der Waals surface area contributed by atoms with Crippen LogP contribution < -0.4 is 4.98 Å². The van der Waals surface area contributed by atoms with E-state index in [-0.39, 0.29) is 0 Å². The quantitative estimate of drug-likeness (QED) is 0.582. The molecular weight excluding hydrogens is 130 g/mol. The molecule has 0 amide bonds. The van der Waals surface area contributed by atoms with Crippen LogP contribution in [0.3, 0.4) is 0 Å². The Hall–Kier alpha value is 0.137. The summed E-state index contributed by atoms with van der Waals surface area (Å²) in [6.45, 7) is 8.40. The highest BCUT2D eigenvalue weighted by Gasteiger charge is 1.94. The van der Waals surface area contributed by atoms with Crippen molar-refractivity contribution in [1.82, 2.24) is 4.98 Å². The number of hydrogen-bond acceptors (Lipinski definition) is 2. The molecule has 0 aromatic rings. The Balaban J connectivity index is 2.91. The summed E-state index contributed by atoms with van der Waals surface area (Å²) in [6.07, 6.45) is 0.392. The molecule has 0 heterocycles. The zero-order valence-electron chi connectivity index (χ0n) is 6.77. The first-order valence-electron chi connectivity index (χ1n) is 3.48. The van der Waals surface area contributed by atoms with Crippen LogP contribution in [0.15, 0.2) is 0 Å². The molecule has 0 aliphatic heterocycles. The van der Waals surface area contributed by atoms with Gasteiger partial charge in [0.1, 0.15) is 0 Å². The molecule has 0 saturated heterocycles. The molecule has 56 valence electrons. The van der Waals surface area contributed by atoms with E-state index in [1.165, 1.54) is 0 Å². The Morgan fingerprint density at radius 2 is 1.78 bits per heavy atom. The van der Waals surface area contributed by atoms with Gasteiger partial charge in [-0.25, -0.2) is 0 Å². The first kappa shape index (κ1) is 9.14. The predicted octanol–water partition coefficient (Wildman–Crippen LogP) is 0.408. The van der Waals surface area contributed by atoms with Crippen LogP contribution in [0.5, 0.6) is 0 Å². The Labute approximate surface area is 60.0 Å². The topological polar surface area (TPSA) is 21.3 Å². The maximum Gasteiger partial charge on any atom is 0.236 e. The average Bonchev–Trinajstić information content (AvgIpc) is 1.63. The second kappa shape index (κ2) is 4.96. The second-order valence-corrected chi connectivity index (χ2v) is 3.75. The van der Waals surface area contributed by atoms with Crippen molar-refractivity contribution in [3.8, 4) is 0 Å². The number of nitrogens with one attached hydrogen (secondary N) is 1. The van der Waals surface area contributed by atoms with Gasteiger partial charge in [0, 0.05) is 6.10 Å². The van der Waals surface area contributed by atoms with Crippen LogP contribution in [0.4, 0.5) is 0 Å². The highest BCUT2D eigenvalue weighted by Crippen LogP contribution is 1.83. The van der Waals surface area contributed by atoms with E-state index in [1.807, 2.05) is 0 Å². The van der Waals surface area contributed by atoms with Gasteiger partial charge in [-0.1, -0.05) is 13.8 Å². The van der Waals surface area contributed by atoms with Gasteiger partial charge in [0.05, 0.1) is 0 Å². The SMILES string of the molecule is CC(C)N[SiH2]OC(C)C. The minimum absolute atomic E-state index is 0.392. The maximum absolute atomic E-state index is 5.38. The van der Waals surface area contributed by atoms with Gasteiger partial charge < -0.3 is 9.41 Å². The molecule has 0 aliphatic rings. The monoisotopic (exact) mass is 147 g/mol. The molecule has 1 N–H and O–H groups in total. The van der Waals surface area contributed by atoms with Crippen molar-refractivity contribution in [2.75, 3.05) is 0 Å². The van der Waals surface area contributed by atoms with Crippen molar-refractivity contribution >= 4 is 9.92 Å². The fraction of sp³-hybridized carbons (Fsp3) is 1.00. The fourth-order valence-corrected chi connectivity index (χ4v) is 1.14. The predicted molar refractivity (Wildman–Crippen MR) is 43.0 cm³/mol. The van der Waals surface area contributed by atoms with E-state index >= 15 is 0 Å². The molecule has 0 aromatic heterocycles. The van der Waals surface area contributed by atoms with E-state index in [2.05, 4.69) is 32.7 Å². The van der Waals surface area contributed by atoms with Crippen LogP contribution in [0, 0.1) is 0 Å². The fourth-order valence-electron chi connectivity index (χ4n) is 0.381. The third kappa shape index (κ3) is 8.14. The molecule has 0 bridgehead atoms. The molecule has 0 aliphatic carbocycles. The summed E-state index contributed by atoms with van der Waals surface area (Å²) < 4.78 is 5.38. The minimum Gasteiger partial charge on any atom is -0.406 e. The summed E-state index contributed by atoms with van der Waals surface area (Å²) in [6, 6.07) is 0.579.